The van der Waals surface area contributed by atoms with Crippen molar-refractivity contribution in [2.75, 3.05) is 0 Å². The molecular formula is C10H12O8. The second kappa shape index (κ2) is 5.03. The molecule has 0 aromatic rings. The SMILES string of the molecule is [2H]C1(C(=O)O)CC([2H])(C(=O)O)C([2H])(C(=O)O)CC1([2H])C(=O)O. The van der Waals surface area contributed by atoms with Crippen molar-refractivity contribution in [3.05, 3.63) is 0 Å². The van der Waals surface area contributed by atoms with Crippen LogP contribution in [-0.4, -0.2) is 44.3 Å². The van der Waals surface area contributed by atoms with E-state index in [9.17, 15) is 19.2 Å². The van der Waals surface area contributed by atoms with Gasteiger partial charge in [-0.3, -0.25) is 19.2 Å². The molecule has 0 heterocycles. The zero-order chi connectivity index (χ0) is 17.7. The van der Waals surface area contributed by atoms with Crippen LogP contribution in [0.3, 0.4) is 0 Å². The lowest BCUT2D eigenvalue weighted by atomic mass is 9.68. The Labute approximate surface area is 106 Å². The zero-order valence-electron chi connectivity index (χ0n) is 12.8. The summed E-state index contributed by atoms with van der Waals surface area (Å²) >= 11 is 0. The summed E-state index contributed by atoms with van der Waals surface area (Å²) in [5.41, 5.74) is 0. The van der Waals surface area contributed by atoms with Crippen molar-refractivity contribution in [3.63, 3.8) is 0 Å². The van der Waals surface area contributed by atoms with Crippen LogP contribution < -0.4 is 0 Å². The molecule has 4 unspecified atom stereocenters. The van der Waals surface area contributed by atoms with Crippen LogP contribution in [0.1, 0.15) is 18.3 Å². The molecule has 100 valence electrons. The van der Waals surface area contributed by atoms with E-state index in [1.165, 1.54) is 0 Å². The Morgan fingerprint density at radius 2 is 0.833 bits per heavy atom. The lowest BCUT2D eigenvalue weighted by Gasteiger charge is -2.33. The summed E-state index contributed by atoms with van der Waals surface area (Å²) in [5.74, 6) is -22.0. The third-order valence-electron chi connectivity index (χ3n) is 2.47. The molecule has 1 aliphatic carbocycles. The van der Waals surface area contributed by atoms with Crippen molar-refractivity contribution in [2.24, 2.45) is 23.6 Å². The number of hydrogen-bond donors (Lipinski definition) is 4. The number of carboxylic acids is 4. The standard InChI is InChI=1S/C10H12O8/c11-7(12)3-1-4(8(13)14)6(10(17)18)2-5(3)9(15)16/h3-6H,1-2H2,(H,11,12)(H,13,14)(H,15,16)(H,17,18)/i3D,4D,5D,6D. The van der Waals surface area contributed by atoms with Gasteiger partial charge in [-0.1, -0.05) is 0 Å². The predicted molar refractivity (Wildman–Crippen MR) is 53.7 cm³/mol. The van der Waals surface area contributed by atoms with Gasteiger partial charge < -0.3 is 20.4 Å². The summed E-state index contributed by atoms with van der Waals surface area (Å²) in [6.45, 7) is 0. The average molecular weight is 264 g/mol. The van der Waals surface area contributed by atoms with Crippen LogP contribution in [-0.2, 0) is 19.2 Å². The molecule has 0 amide bonds. The molecule has 0 aromatic carbocycles. The van der Waals surface area contributed by atoms with Crippen molar-refractivity contribution in [3.8, 4) is 0 Å². The van der Waals surface area contributed by atoms with E-state index in [1.807, 2.05) is 0 Å². The monoisotopic (exact) mass is 264 g/mol. The van der Waals surface area contributed by atoms with Gasteiger partial charge in [0.15, 0.2) is 0 Å². The van der Waals surface area contributed by atoms with Gasteiger partial charge in [0.1, 0.15) is 0 Å². The summed E-state index contributed by atoms with van der Waals surface area (Å²) in [6.07, 6.45) is -3.29. The van der Waals surface area contributed by atoms with Gasteiger partial charge in [0.05, 0.1) is 23.6 Å². The molecule has 4 atom stereocenters. The van der Waals surface area contributed by atoms with Crippen LogP contribution in [0.4, 0.5) is 0 Å². The molecule has 4 N–H and O–H groups in total. The van der Waals surface area contributed by atoms with E-state index >= 15 is 0 Å². The first kappa shape index (κ1) is 8.90. The first-order valence-electron chi connectivity index (χ1n) is 6.63. The minimum absolute atomic E-state index is 1.64. The minimum atomic E-state index is -3.31. The Kier molecular flexibility index (Phi) is 2.48. The smallest absolute Gasteiger partial charge is 0.307 e. The Hall–Kier alpha value is -2.12. The second-order valence-corrected chi connectivity index (χ2v) is 3.49. The molecule has 0 aromatic heterocycles. The highest BCUT2D eigenvalue weighted by atomic mass is 16.4. The Balaban J connectivity index is 3.72. The highest BCUT2D eigenvalue weighted by molar-refractivity contribution is 5.85. The summed E-state index contributed by atoms with van der Waals surface area (Å²) < 4.78 is 30.8. The quantitative estimate of drug-likeness (QED) is 0.535. The predicted octanol–water partition coefficient (Wildman–Crippen LogP) is -0.417. The fourth-order valence-corrected chi connectivity index (χ4v) is 1.60. The molecule has 0 radical (unpaired) electrons. The van der Waals surface area contributed by atoms with Crippen LogP contribution in [0.15, 0.2) is 0 Å². The van der Waals surface area contributed by atoms with Crippen LogP contribution in [0.25, 0.3) is 0 Å². The molecular weight excluding hydrogens is 248 g/mol. The average Bonchev–Trinajstić information content (AvgIpc) is 2.35. The topological polar surface area (TPSA) is 149 Å². The lowest BCUT2D eigenvalue weighted by Crippen LogP contribution is -2.44. The number of rotatable bonds is 4. The van der Waals surface area contributed by atoms with Gasteiger partial charge in [0.25, 0.3) is 0 Å². The second-order valence-electron chi connectivity index (χ2n) is 3.49. The maximum absolute atomic E-state index is 11.2. The Bertz CT molecular complexity index is 483. The van der Waals surface area contributed by atoms with Gasteiger partial charge in [0.2, 0.25) is 0 Å². The van der Waals surface area contributed by atoms with Gasteiger partial charge in [-0.05, 0) is 12.8 Å². The fourth-order valence-electron chi connectivity index (χ4n) is 1.60. The summed E-state index contributed by atoms with van der Waals surface area (Å²) in [4.78, 5) is 44.9. The van der Waals surface area contributed by atoms with E-state index in [4.69, 9.17) is 25.9 Å². The van der Waals surface area contributed by atoms with E-state index in [0.717, 1.165) is 0 Å². The zero-order valence-corrected chi connectivity index (χ0v) is 8.84. The van der Waals surface area contributed by atoms with Crippen LogP contribution in [0.2, 0.25) is 0 Å². The molecule has 8 nitrogen and oxygen atoms in total. The van der Waals surface area contributed by atoms with Crippen LogP contribution in [0.5, 0.6) is 0 Å². The van der Waals surface area contributed by atoms with Crippen molar-refractivity contribution < 1.29 is 45.1 Å². The van der Waals surface area contributed by atoms with Gasteiger partial charge >= 0.3 is 23.9 Å². The molecule has 1 rings (SSSR count). The number of aliphatic carboxylic acids is 4. The van der Waals surface area contributed by atoms with Gasteiger partial charge in [-0.2, -0.15) is 0 Å². The van der Waals surface area contributed by atoms with Crippen molar-refractivity contribution >= 4 is 23.9 Å². The molecule has 0 spiro atoms. The number of carboxylic acid groups (broad SMARTS) is 4. The molecule has 1 saturated carbocycles. The number of carbonyl (C=O) groups is 4. The van der Waals surface area contributed by atoms with Crippen LogP contribution >= 0.6 is 0 Å². The molecule has 8 heteroatoms. The summed E-state index contributed by atoms with van der Waals surface area (Å²) in [7, 11) is 0. The maximum Gasteiger partial charge on any atom is 0.307 e. The minimum Gasteiger partial charge on any atom is -0.481 e. The largest absolute Gasteiger partial charge is 0.481 e. The molecule has 0 saturated heterocycles. The van der Waals surface area contributed by atoms with Crippen molar-refractivity contribution in [1.29, 1.82) is 0 Å². The van der Waals surface area contributed by atoms with Gasteiger partial charge in [0, 0.05) is 5.48 Å². The first-order chi connectivity index (χ1) is 9.69. The third-order valence-corrected chi connectivity index (χ3v) is 2.47. The normalized spacial score (nSPS) is 51.1. The lowest BCUT2D eigenvalue weighted by molar-refractivity contribution is -0.167. The highest BCUT2D eigenvalue weighted by Gasteiger charge is 2.49. The van der Waals surface area contributed by atoms with E-state index < -0.39 is 60.3 Å². The van der Waals surface area contributed by atoms with E-state index in [1.54, 1.807) is 0 Å². The molecule has 1 aliphatic rings. The first-order valence-corrected chi connectivity index (χ1v) is 4.63. The fraction of sp³-hybridized carbons (Fsp3) is 0.600. The molecule has 18 heavy (non-hydrogen) atoms. The van der Waals surface area contributed by atoms with Crippen LogP contribution in [0, 0.1) is 23.6 Å². The Morgan fingerprint density at radius 1 is 0.667 bits per heavy atom. The maximum atomic E-state index is 11.2. The highest BCUT2D eigenvalue weighted by Crippen LogP contribution is 2.38. The summed E-state index contributed by atoms with van der Waals surface area (Å²) in [5, 5.41) is 36.2. The van der Waals surface area contributed by atoms with E-state index in [-0.39, 0.29) is 0 Å². The summed E-state index contributed by atoms with van der Waals surface area (Å²) in [6, 6.07) is 0. The molecule has 0 aliphatic heterocycles. The van der Waals surface area contributed by atoms with Gasteiger partial charge in [-0.25, -0.2) is 0 Å². The molecule has 0 bridgehead atoms. The van der Waals surface area contributed by atoms with E-state index in [0.29, 0.717) is 0 Å². The third kappa shape index (κ3) is 2.58. The Morgan fingerprint density at radius 3 is 0.944 bits per heavy atom. The molecule has 1 fully saturated rings. The van der Waals surface area contributed by atoms with Gasteiger partial charge in [-0.15, -0.1) is 0 Å². The van der Waals surface area contributed by atoms with Crippen molar-refractivity contribution in [2.45, 2.75) is 12.8 Å². The number of hydrogen-bond acceptors (Lipinski definition) is 4. The van der Waals surface area contributed by atoms with E-state index in [2.05, 4.69) is 0 Å². The van der Waals surface area contributed by atoms with Crippen molar-refractivity contribution in [1.82, 2.24) is 0 Å².